The Hall–Kier alpha value is -2.35. The number of hydrogen-bond donors (Lipinski definition) is 4. The molecule has 3 atom stereocenters. The third-order valence-corrected chi connectivity index (χ3v) is 5.35. The van der Waals surface area contributed by atoms with Crippen molar-refractivity contribution in [2.75, 3.05) is 12.3 Å². The summed E-state index contributed by atoms with van der Waals surface area (Å²) in [5.41, 5.74) is 8.74. The maximum Gasteiger partial charge on any atom is 0.242 e. The van der Waals surface area contributed by atoms with E-state index < -0.39 is 6.04 Å². The van der Waals surface area contributed by atoms with Crippen molar-refractivity contribution in [1.82, 2.24) is 20.9 Å². The van der Waals surface area contributed by atoms with Crippen LogP contribution in [0.1, 0.15) is 43.0 Å². The highest BCUT2D eigenvalue weighted by Crippen LogP contribution is 2.25. The first-order chi connectivity index (χ1) is 14.0. The summed E-state index contributed by atoms with van der Waals surface area (Å²) in [5.74, 6) is 0.404. The zero-order valence-corrected chi connectivity index (χ0v) is 19.4. The van der Waals surface area contributed by atoms with Gasteiger partial charge in [0, 0.05) is 18.8 Å². The minimum atomic E-state index is -0.619. The number of aryl methyl sites for hydroxylation is 1. The molecule has 3 rings (SSSR count). The second-order valence-electron chi connectivity index (χ2n) is 7.45. The van der Waals surface area contributed by atoms with Crippen molar-refractivity contribution in [3.63, 3.8) is 0 Å². The highest BCUT2D eigenvalue weighted by molar-refractivity contribution is 5.89. The zero-order chi connectivity index (χ0) is 20.8. The van der Waals surface area contributed by atoms with Crippen molar-refractivity contribution in [2.24, 2.45) is 0 Å². The molecule has 1 aromatic heterocycles. The number of pyridine rings is 1. The molecule has 31 heavy (non-hydrogen) atoms. The van der Waals surface area contributed by atoms with E-state index in [9.17, 15) is 9.59 Å². The molecular formula is C22H31Cl2N5O2. The van der Waals surface area contributed by atoms with Gasteiger partial charge in [-0.1, -0.05) is 43.3 Å². The Morgan fingerprint density at radius 3 is 2.58 bits per heavy atom. The first-order valence-electron chi connectivity index (χ1n) is 10.1. The number of amides is 2. The highest BCUT2D eigenvalue weighted by Gasteiger charge is 2.31. The molecule has 2 amide bonds. The van der Waals surface area contributed by atoms with Gasteiger partial charge in [-0.05, 0) is 42.9 Å². The quantitative estimate of drug-likeness (QED) is 0.499. The summed E-state index contributed by atoms with van der Waals surface area (Å²) in [4.78, 5) is 29.3. The number of carbonyl (C=O) groups is 2. The molecule has 0 spiro atoms. The van der Waals surface area contributed by atoms with E-state index in [1.54, 1.807) is 13.0 Å². The van der Waals surface area contributed by atoms with Crippen LogP contribution in [0.25, 0.3) is 0 Å². The van der Waals surface area contributed by atoms with Crippen molar-refractivity contribution in [1.29, 1.82) is 0 Å². The molecular weight excluding hydrogens is 437 g/mol. The minimum Gasteiger partial charge on any atom is -0.384 e. The average molecular weight is 468 g/mol. The molecule has 1 aliphatic rings. The van der Waals surface area contributed by atoms with E-state index in [1.165, 1.54) is 5.56 Å². The van der Waals surface area contributed by atoms with Crippen LogP contribution in [0.15, 0.2) is 42.5 Å². The van der Waals surface area contributed by atoms with Crippen molar-refractivity contribution in [3.8, 4) is 0 Å². The van der Waals surface area contributed by atoms with Crippen LogP contribution >= 0.6 is 24.8 Å². The van der Waals surface area contributed by atoms with Gasteiger partial charge in [-0.3, -0.25) is 9.59 Å². The Balaban J connectivity index is 0.00000240. The summed E-state index contributed by atoms with van der Waals surface area (Å²) in [6, 6.07) is 12.9. The lowest BCUT2D eigenvalue weighted by Crippen LogP contribution is -2.50. The first kappa shape index (κ1) is 26.7. The van der Waals surface area contributed by atoms with Gasteiger partial charge in [-0.25, -0.2) is 4.98 Å². The molecule has 7 nitrogen and oxygen atoms in total. The molecule has 170 valence electrons. The molecule has 9 heteroatoms. The normalized spacial score (nSPS) is 18.3. The highest BCUT2D eigenvalue weighted by atomic mass is 35.5. The smallest absolute Gasteiger partial charge is 0.242 e. The minimum absolute atomic E-state index is 0. The van der Waals surface area contributed by atoms with Crippen LogP contribution in [0.5, 0.6) is 0 Å². The van der Waals surface area contributed by atoms with Gasteiger partial charge >= 0.3 is 0 Å². The molecule has 1 saturated heterocycles. The van der Waals surface area contributed by atoms with Gasteiger partial charge in [0.25, 0.3) is 0 Å². The molecule has 1 aliphatic heterocycles. The van der Waals surface area contributed by atoms with Crippen molar-refractivity contribution < 1.29 is 9.59 Å². The topological polar surface area (TPSA) is 109 Å². The monoisotopic (exact) mass is 467 g/mol. The van der Waals surface area contributed by atoms with Crippen LogP contribution in [-0.4, -0.2) is 35.4 Å². The number of carbonyl (C=O) groups excluding carboxylic acids is 2. The van der Waals surface area contributed by atoms with Crippen LogP contribution in [0, 0.1) is 0 Å². The van der Waals surface area contributed by atoms with Gasteiger partial charge in [0.15, 0.2) is 0 Å². The molecule has 2 aromatic rings. The largest absolute Gasteiger partial charge is 0.384 e. The lowest BCUT2D eigenvalue weighted by molar-refractivity contribution is -0.129. The SMILES string of the molecule is CCc1nc(N)ccc1CNC(=O)[C@H](C)NC(=O)C1CC(c2ccccc2)CN1.Cl.Cl. The van der Waals surface area contributed by atoms with Crippen LogP contribution < -0.4 is 21.7 Å². The predicted molar refractivity (Wildman–Crippen MR) is 128 cm³/mol. The number of nitrogens with zero attached hydrogens (tertiary/aromatic N) is 1. The number of nitrogens with one attached hydrogen (secondary N) is 3. The maximum absolute atomic E-state index is 12.6. The fraction of sp³-hybridized carbons (Fsp3) is 0.409. The molecule has 0 radical (unpaired) electrons. The van der Waals surface area contributed by atoms with E-state index in [4.69, 9.17) is 5.73 Å². The van der Waals surface area contributed by atoms with Crippen LogP contribution in [-0.2, 0) is 22.6 Å². The zero-order valence-electron chi connectivity index (χ0n) is 17.8. The molecule has 0 bridgehead atoms. The third kappa shape index (κ3) is 7.09. The predicted octanol–water partition coefficient (Wildman–Crippen LogP) is 2.34. The number of halogens is 2. The Labute approximate surface area is 195 Å². The van der Waals surface area contributed by atoms with Crippen LogP contribution in [0.3, 0.4) is 0 Å². The van der Waals surface area contributed by atoms with E-state index in [0.29, 0.717) is 18.3 Å². The molecule has 2 unspecified atom stereocenters. The number of anilines is 1. The Kier molecular flexibility index (Phi) is 10.8. The molecule has 1 fully saturated rings. The molecule has 2 heterocycles. The molecule has 0 saturated carbocycles. The summed E-state index contributed by atoms with van der Waals surface area (Å²) in [7, 11) is 0. The third-order valence-electron chi connectivity index (χ3n) is 5.35. The molecule has 1 aromatic carbocycles. The lowest BCUT2D eigenvalue weighted by Gasteiger charge is -2.18. The summed E-state index contributed by atoms with van der Waals surface area (Å²) >= 11 is 0. The number of aromatic nitrogens is 1. The van der Waals surface area contributed by atoms with E-state index >= 15 is 0 Å². The van der Waals surface area contributed by atoms with E-state index in [2.05, 4.69) is 33.1 Å². The molecule has 0 aliphatic carbocycles. The van der Waals surface area contributed by atoms with Crippen LogP contribution in [0.4, 0.5) is 5.82 Å². The summed E-state index contributed by atoms with van der Waals surface area (Å²) in [5, 5.41) is 8.95. The summed E-state index contributed by atoms with van der Waals surface area (Å²) in [6.45, 7) is 4.80. The van der Waals surface area contributed by atoms with Crippen LogP contribution in [0.2, 0.25) is 0 Å². The fourth-order valence-electron chi connectivity index (χ4n) is 3.64. The van der Waals surface area contributed by atoms with Gasteiger partial charge in [-0.15, -0.1) is 24.8 Å². The van der Waals surface area contributed by atoms with E-state index in [0.717, 1.165) is 30.6 Å². The Morgan fingerprint density at radius 1 is 1.19 bits per heavy atom. The van der Waals surface area contributed by atoms with Crippen molar-refractivity contribution in [3.05, 3.63) is 59.3 Å². The van der Waals surface area contributed by atoms with Gasteiger partial charge in [0.05, 0.1) is 6.04 Å². The summed E-state index contributed by atoms with van der Waals surface area (Å²) < 4.78 is 0. The Morgan fingerprint density at radius 2 is 1.90 bits per heavy atom. The van der Waals surface area contributed by atoms with Gasteiger partial charge in [0.1, 0.15) is 11.9 Å². The van der Waals surface area contributed by atoms with E-state index in [-0.39, 0.29) is 42.7 Å². The second-order valence-corrected chi connectivity index (χ2v) is 7.45. The Bertz CT molecular complexity index is 866. The maximum atomic E-state index is 12.6. The fourth-order valence-corrected chi connectivity index (χ4v) is 3.64. The summed E-state index contributed by atoms with van der Waals surface area (Å²) in [6.07, 6.45) is 1.46. The standard InChI is InChI=1S/C22H29N5O2.2ClH/c1-3-18-16(9-10-20(23)27-18)12-25-21(28)14(2)26-22(29)19-11-17(13-24-19)15-7-5-4-6-8-15;;/h4-10,14,17,19,24H,3,11-13H2,1-2H3,(H2,23,27)(H,25,28)(H,26,29);2*1H/t14-,17?,19?;;/m0../s1. The molecule has 5 N–H and O–H groups in total. The second kappa shape index (κ2) is 12.5. The van der Waals surface area contributed by atoms with E-state index in [1.807, 2.05) is 31.2 Å². The number of rotatable bonds is 7. The van der Waals surface area contributed by atoms with Gasteiger partial charge in [0.2, 0.25) is 11.8 Å². The lowest BCUT2D eigenvalue weighted by atomic mass is 9.96. The van der Waals surface area contributed by atoms with Crippen molar-refractivity contribution in [2.45, 2.75) is 51.2 Å². The average Bonchev–Trinajstić information content (AvgIpc) is 3.23. The van der Waals surface area contributed by atoms with Crippen molar-refractivity contribution >= 4 is 42.4 Å². The number of benzene rings is 1. The van der Waals surface area contributed by atoms with Gasteiger partial charge < -0.3 is 21.7 Å². The number of nitrogens with two attached hydrogens (primary N) is 1. The number of nitrogen functional groups attached to an aromatic ring is 1. The first-order valence-corrected chi connectivity index (χ1v) is 10.1. The number of hydrogen-bond acceptors (Lipinski definition) is 5. The van der Waals surface area contributed by atoms with Gasteiger partial charge in [-0.2, -0.15) is 0 Å².